The van der Waals surface area contributed by atoms with Gasteiger partial charge in [0.05, 0.1) is 24.4 Å². The van der Waals surface area contributed by atoms with Crippen molar-refractivity contribution in [3.05, 3.63) is 59.2 Å². The molecule has 0 aromatic heterocycles. The van der Waals surface area contributed by atoms with Crippen molar-refractivity contribution in [1.82, 2.24) is 0 Å². The molecule has 0 spiro atoms. The maximum absolute atomic E-state index is 12.4. The fourth-order valence-corrected chi connectivity index (χ4v) is 2.89. The molecule has 0 bridgehead atoms. The van der Waals surface area contributed by atoms with E-state index >= 15 is 0 Å². The van der Waals surface area contributed by atoms with E-state index in [9.17, 15) is 9.59 Å². The Morgan fingerprint density at radius 2 is 1.79 bits per heavy atom. The number of hydrogen-bond donors (Lipinski definition) is 0. The largest absolute Gasteiger partial charge is 0.493 e. The first kappa shape index (κ1) is 16.2. The molecule has 0 radical (unpaired) electrons. The van der Waals surface area contributed by atoms with Gasteiger partial charge < -0.3 is 4.74 Å². The van der Waals surface area contributed by atoms with Gasteiger partial charge in [0.2, 0.25) is 0 Å². The number of carbonyl (C=O) groups is 2. The van der Waals surface area contributed by atoms with E-state index in [0.717, 1.165) is 16.9 Å². The zero-order chi connectivity index (χ0) is 17.3. The first-order chi connectivity index (χ1) is 11.5. The van der Waals surface area contributed by atoms with Crippen molar-refractivity contribution < 1.29 is 14.3 Å². The first-order valence-corrected chi connectivity index (χ1v) is 8.15. The zero-order valence-electron chi connectivity index (χ0n) is 14.2. The van der Waals surface area contributed by atoms with Gasteiger partial charge in [0.25, 0.3) is 11.7 Å². The van der Waals surface area contributed by atoms with E-state index in [4.69, 9.17) is 4.74 Å². The Kier molecular flexibility index (Phi) is 4.38. The molecule has 0 N–H and O–H groups in total. The third-order valence-corrected chi connectivity index (χ3v) is 4.06. The number of ether oxygens (including phenoxy) is 1. The molecule has 1 amide bonds. The van der Waals surface area contributed by atoms with Crippen LogP contribution in [0.3, 0.4) is 0 Å². The molecule has 124 valence electrons. The highest BCUT2D eigenvalue weighted by Crippen LogP contribution is 2.34. The summed E-state index contributed by atoms with van der Waals surface area (Å²) in [5, 5.41) is 0. The topological polar surface area (TPSA) is 46.6 Å². The van der Waals surface area contributed by atoms with Crippen LogP contribution in [0.1, 0.15) is 35.3 Å². The second-order valence-corrected chi connectivity index (χ2v) is 6.50. The van der Waals surface area contributed by atoms with Crippen molar-refractivity contribution >= 4 is 17.4 Å². The van der Waals surface area contributed by atoms with E-state index in [1.165, 1.54) is 0 Å². The number of ketones is 1. The van der Waals surface area contributed by atoms with Crippen LogP contribution in [-0.4, -0.2) is 18.3 Å². The molecular weight excluding hydrogens is 302 g/mol. The van der Waals surface area contributed by atoms with E-state index in [2.05, 4.69) is 13.8 Å². The summed E-state index contributed by atoms with van der Waals surface area (Å²) in [5.74, 6) is 0.261. The third-order valence-electron chi connectivity index (χ3n) is 4.06. The molecule has 3 rings (SSSR count). The molecule has 0 saturated heterocycles. The van der Waals surface area contributed by atoms with Crippen LogP contribution in [0.15, 0.2) is 42.5 Å². The molecule has 2 aromatic rings. The summed E-state index contributed by atoms with van der Waals surface area (Å²) in [6.07, 6.45) is 0. The lowest BCUT2D eigenvalue weighted by Gasteiger charge is -2.20. The predicted molar refractivity (Wildman–Crippen MR) is 93.5 cm³/mol. The minimum absolute atomic E-state index is 0.330. The quantitative estimate of drug-likeness (QED) is 0.787. The van der Waals surface area contributed by atoms with Crippen LogP contribution in [0.25, 0.3) is 0 Å². The van der Waals surface area contributed by atoms with Gasteiger partial charge in [-0.15, -0.1) is 0 Å². The molecule has 2 aromatic carbocycles. The van der Waals surface area contributed by atoms with Crippen LogP contribution in [-0.2, 0) is 11.3 Å². The Morgan fingerprint density at radius 1 is 1.04 bits per heavy atom. The number of aryl methyl sites for hydroxylation is 1. The van der Waals surface area contributed by atoms with Crippen LogP contribution < -0.4 is 9.64 Å². The Hall–Kier alpha value is -2.62. The maximum atomic E-state index is 12.4. The molecule has 1 heterocycles. The molecule has 0 unspecified atom stereocenters. The molecule has 4 heteroatoms. The van der Waals surface area contributed by atoms with Gasteiger partial charge in [0.15, 0.2) is 0 Å². The summed E-state index contributed by atoms with van der Waals surface area (Å²) in [5.41, 5.74) is 3.02. The van der Waals surface area contributed by atoms with Crippen molar-refractivity contribution in [2.24, 2.45) is 5.92 Å². The van der Waals surface area contributed by atoms with Crippen molar-refractivity contribution in [2.75, 3.05) is 11.5 Å². The standard InChI is InChI=1S/C20H21NO3/c1-13(2)12-24-17-10-5-4-8-15(17)11-21-18-14(3)7-6-9-16(18)19(22)20(21)23/h4-10,13H,11-12H2,1-3H3. The average Bonchev–Trinajstić information content (AvgIpc) is 2.80. The van der Waals surface area contributed by atoms with E-state index in [1.807, 2.05) is 43.3 Å². The summed E-state index contributed by atoms with van der Waals surface area (Å²) in [7, 11) is 0. The number of Topliss-reactive ketones (excluding diaryl/α,β-unsaturated/α-hetero) is 1. The smallest absolute Gasteiger partial charge is 0.299 e. The van der Waals surface area contributed by atoms with Crippen molar-refractivity contribution in [1.29, 1.82) is 0 Å². The lowest BCUT2D eigenvalue weighted by atomic mass is 10.1. The summed E-state index contributed by atoms with van der Waals surface area (Å²) in [6, 6.07) is 13.1. The van der Waals surface area contributed by atoms with Crippen molar-refractivity contribution in [2.45, 2.75) is 27.3 Å². The van der Waals surface area contributed by atoms with Gasteiger partial charge in [-0.25, -0.2) is 0 Å². The highest BCUT2D eigenvalue weighted by molar-refractivity contribution is 6.52. The number of para-hydroxylation sites is 2. The number of fused-ring (bicyclic) bond motifs is 1. The highest BCUT2D eigenvalue weighted by Gasteiger charge is 2.36. The monoisotopic (exact) mass is 323 g/mol. The highest BCUT2D eigenvalue weighted by atomic mass is 16.5. The lowest BCUT2D eigenvalue weighted by Crippen LogP contribution is -2.29. The Labute approximate surface area is 142 Å². The molecule has 0 atom stereocenters. The van der Waals surface area contributed by atoms with Gasteiger partial charge >= 0.3 is 0 Å². The van der Waals surface area contributed by atoms with Crippen LogP contribution in [0, 0.1) is 12.8 Å². The lowest BCUT2D eigenvalue weighted by molar-refractivity contribution is -0.114. The Bertz CT molecular complexity index is 795. The molecule has 0 aliphatic carbocycles. The van der Waals surface area contributed by atoms with Gasteiger partial charge in [-0.2, -0.15) is 0 Å². The molecule has 1 aliphatic rings. The van der Waals surface area contributed by atoms with Gasteiger partial charge in [0.1, 0.15) is 5.75 Å². The van der Waals surface area contributed by atoms with E-state index in [0.29, 0.717) is 30.3 Å². The van der Waals surface area contributed by atoms with Crippen LogP contribution in [0.4, 0.5) is 5.69 Å². The van der Waals surface area contributed by atoms with Crippen LogP contribution in [0.5, 0.6) is 5.75 Å². The number of anilines is 1. The summed E-state index contributed by atoms with van der Waals surface area (Å²) >= 11 is 0. The van der Waals surface area contributed by atoms with Gasteiger partial charge in [0, 0.05) is 5.56 Å². The van der Waals surface area contributed by atoms with Crippen molar-refractivity contribution in [3.8, 4) is 5.75 Å². The molecular formula is C20H21NO3. The molecule has 1 aliphatic heterocycles. The number of amides is 1. The van der Waals surface area contributed by atoms with Crippen LogP contribution >= 0.6 is 0 Å². The Morgan fingerprint density at radius 3 is 2.54 bits per heavy atom. The molecule has 4 nitrogen and oxygen atoms in total. The summed E-state index contributed by atoms with van der Waals surface area (Å²) < 4.78 is 5.87. The SMILES string of the molecule is Cc1cccc2c1N(Cc1ccccc1OCC(C)C)C(=O)C2=O. The van der Waals surface area contributed by atoms with Gasteiger partial charge in [-0.1, -0.05) is 44.2 Å². The second kappa shape index (κ2) is 6.48. The summed E-state index contributed by atoms with van der Waals surface area (Å²) in [4.78, 5) is 26.2. The molecule has 24 heavy (non-hydrogen) atoms. The minimum Gasteiger partial charge on any atom is -0.493 e. The number of benzene rings is 2. The predicted octanol–water partition coefficient (Wildman–Crippen LogP) is 3.76. The first-order valence-electron chi connectivity index (χ1n) is 8.15. The van der Waals surface area contributed by atoms with Gasteiger partial charge in [-0.05, 0) is 30.5 Å². The van der Waals surface area contributed by atoms with Crippen molar-refractivity contribution in [3.63, 3.8) is 0 Å². The Balaban J connectivity index is 1.93. The minimum atomic E-state index is -0.474. The second-order valence-electron chi connectivity index (χ2n) is 6.50. The number of carbonyl (C=O) groups excluding carboxylic acids is 2. The average molecular weight is 323 g/mol. The van der Waals surface area contributed by atoms with E-state index in [1.54, 1.807) is 11.0 Å². The van der Waals surface area contributed by atoms with E-state index < -0.39 is 11.7 Å². The fraction of sp³-hybridized carbons (Fsp3) is 0.300. The number of nitrogens with zero attached hydrogens (tertiary/aromatic N) is 1. The van der Waals surface area contributed by atoms with E-state index in [-0.39, 0.29) is 0 Å². The van der Waals surface area contributed by atoms with Gasteiger partial charge in [-0.3, -0.25) is 14.5 Å². The fourth-order valence-electron chi connectivity index (χ4n) is 2.89. The number of rotatable bonds is 5. The maximum Gasteiger partial charge on any atom is 0.299 e. The normalized spacial score (nSPS) is 13.6. The molecule has 0 saturated carbocycles. The molecule has 0 fully saturated rings. The zero-order valence-corrected chi connectivity index (χ0v) is 14.2. The third kappa shape index (κ3) is 2.92. The number of hydrogen-bond acceptors (Lipinski definition) is 3. The van der Waals surface area contributed by atoms with Crippen LogP contribution in [0.2, 0.25) is 0 Å². The summed E-state index contributed by atoms with van der Waals surface area (Å²) in [6.45, 7) is 7.03.